The van der Waals surface area contributed by atoms with Gasteiger partial charge < -0.3 is 20.1 Å². The Kier molecular flexibility index (Phi) is 6.18. The summed E-state index contributed by atoms with van der Waals surface area (Å²) in [7, 11) is 0. The van der Waals surface area contributed by atoms with Gasteiger partial charge in [0, 0.05) is 17.8 Å². The topological polar surface area (TPSA) is 131 Å². The SMILES string of the molecule is CC(C)N1Cc2c(n(CC(=O)Nc3ccc(F)cn3)c3cc(C(=O)Nc4cccc(F)c4)nn3c2=O)C1=O. The van der Waals surface area contributed by atoms with Crippen LogP contribution in [0.4, 0.5) is 20.3 Å². The predicted molar refractivity (Wildman–Crippen MR) is 132 cm³/mol. The molecule has 5 rings (SSSR count). The van der Waals surface area contributed by atoms with Gasteiger partial charge >= 0.3 is 0 Å². The van der Waals surface area contributed by atoms with E-state index in [1.54, 1.807) is 13.8 Å². The van der Waals surface area contributed by atoms with Crippen molar-refractivity contribution in [2.24, 2.45) is 0 Å². The summed E-state index contributed by atoms with van der Waals surface area (Å²) in [6.45, 7) is 3.17. The summed E-state index contributed by atoms with van der Waals surface area (Å²) in [5, 5.41) is 9.15. The molecule has 11 nitrogen and oxygen atoms in total. The first-order chi connectivity index (χ1) is 18.1. The molecule has 0 unspecified atom stereocenters. The number of amides is 3. The van der Waals surface area contributed by atoms with Crippen molar-refractivity contribution in [2.75, 3.05) is 10.6 Å². The summed E-state index contributed by atoms with van der Waals surface area (Å²) in [4.78, 5) is 57.6. The number of fused-ring (bicyclic) bond motifs is 2. The minimum atomic E-state index is -0.722. The quantitative estimate of drug-likeness (QED) is 0.401. The molecule has 1 aromatic carbocycles. The van der Waals surface area contributed by atoms with E-state index in [2.05, 4.69) is 20.7 Å². The highest BCUT2D eigenvalue weighted by atomic mass is 19.1. The van der Waals surface area contributed by atoms with Crippen molar-refractivity contribution < 1.29 is 23.2 Å². The van der Waals surface area contributed by atoms with E-state index in [9.17, 15) is 28.0 Å². The molecule has 0 radical (unpaired) electrons. The van der Waals surface area contributed by atoms with Crippen molar-refractivity contribution >= 4 is 34.9 Å². The Morgan fingerprint density at radius 2 is 1.84 bits per heavy atom. The third kappa shape index (κ3) is 4.49. The fourth-order valence-electron chi connectivity index (χ4n) is 4.21. The van der Waals surface area contributed by atoms with E-state index < -0.39 is 41.5 Å². The summed E-state index contributed by atoms with van der Waals surface area (Å²) in [6.07, 6.45) is 0.940. The molecule has 1 aliphatic rings. The van der Waals surface area contributed by atoms with Crippen LogP contribution in [-0.4, -0.2) is 47.8 Å². The van der Waals surface area contributed by atoms with Crippen molar-refractivity contribution in [1.82, 2.24) is 24.1 Å². The molecule has 0 fully saturated rings. The Balaban J connectivity index is 1.57. The van der Waals surface area contributed by atoms with Gasteiger partial charge in [-0.25, -0.2) is 13.8 Å². The molecule has 0 saturated heterocycles. The Morgan fingerprint density at radius 1 is 1.05 bits per heavy atom. The summed E-state index contributed by atoms with van der Waals surface area (Å²) in [6, 6.07) is 8.69. The number of nitrogens with one attached hydrogen (secondary N) is 2. The maximum Gasteiger partial charge on any atom is 0.280 e. The van der Waals surface area contributed by atoms with E-state index in [0.717, 1.165) is 22.8 Å². The van der Waals surface area contributed by atoms with E-state index in [0.29, 0.717) is 0 Å². The van der Waals surface area contributed by atoms with E-state index in [1.807, 2.05) is 0 Å². The lowest BCUT2D eigenvalue weighted by molar-refractivity contribution is -0.116. The van der Waals surface area contributed by atoms with Gasteiger partial charge in [0.1, 0.15) is 35.3 Å². The van der Waals surface area contributed by atoms with E-state index in [1.165, 1.54) is 39.8 Å². The number of nitrogens with zero attached hydrogens (tertiary/aromatic N) is 5. The van der Waals surface area contributed by atoms with Crippen LogP contribution >= 0.6 is 0 Å². The molecule has 4 aromatic rings. The molecule has 3 aromatic heterocycles. The van der Waals surface area contributed by atoms with Gasteiger partial charge in [0.25, 0.3) is 17.4 Å². The molecule has 4 heterocycles. The second kappa shape index (κ2) is 9.50. The number of benzene rings is 1. The first-order valence-electron chi connectivity index (χ1n) is 11.6. The molecule has 0 bridgehead atoms. The minimum absolute atomic E-state index is 0.00637. The van der Waals surface area contributed by atoms with Crippen molar-refractivity contribution in [3.63, 3.8) is 0 Å². The average Bonchev–Trinajstić information content (AvgIpc) is 3.46. The van der Waals surface area contributed by atoms with Crippen LogP contribution in [0.2, 0.25) is 0 Å². The lowest BCUT2D eigenvalue weighted by Crippen LogP contribution is -2.32. The number of anilines is 2. The molecule has 38 heavy (non-hydrogen) atoms. The van der Waals surface area contributed by atoms with Gasteiger partial charge in [-0.3, -0.25) is 19.2 Å². The Hall–Kier alpha value is -4.94. The van der Waals surface area contributed by atoms with Gasteiger partial charge in [-0.2, -0.15) is 9.61 Å². The van der Waals surface area contributed by atoms with Crippen LogP contribution in [0.3, 0.4) is 0 Å². The molecular weight excluding hydrogens is 500 g/mol. The Morgan fingerprint density at radius 3 is 2.53 bits per heavy atom. The van der Waals surface area contributed by atoms with Crippen molar-refractivity contribution in [2.45, 2.75) is 33.0 Å². The highest BCUT2D eigenvalue weighted by Gasteiger charge is 2.36. The van der Waals surface area contributed by atoms with Gasteiger partial charge in [-0.15, -0.1) is 0 Å². The van der Waals surface area contributed by atoms with Crippen molar-refractivity contribution in [3.8, 4) is 0 Å². The normalized spacial score (nSPS) is 12.8. The van der Waals surface area contributed by atoms with Crippen LogP contribution in [0.5, 0.6) is 0 Å². The molecule has 13 heteroatoms. The summed E-state index contributed by atoms with van der Waals surface area (Å²) in [5.41, 5.74) is -0.441. The second-order valence-electron chi connectivity index (χ2n) is 8.92. The first kappa shape index (κ1) is 24.7. The largest absolute Gasteiger partial charge is 0.330 e. The number of hydrogen-bond donors (Lipinski definition) is 2. The monoisotopic (exact) mass is 521 g/mol. The van der Waals surface area contributed by atoms with Crippen LogP contribution in [0.15, 0.2) is 53.5 Å². The van der Waals surface area contributed by atoms with Crippen LogP contribution in [0, 0.1) is 11.6 Å². The summed E-state index contributed by atoms with van der Waals surface area (Å²) < 4.78 is 29.0. The van der Waals surface area contributed by atoms with E-state index in [4.69, 9.17) is 0 Å². The zero-order valence-corrected chi connectivity index (χ0v) is 20.2. The zero-order valence-electron chi connectivity index (χ0n) is 20.2. The number of halogens is 2. The fraction of sp³-hybridized carbons (Fsp3) is 0.200. The lowest BCUT2D eigenvalue weighted by Gasteiger charge is -2.20. The maximum absolute atomic E-state index is 13.5. The van der Waals surface area contributed by atoms with Crippen LogP contribution in [0.1, 0.15) is 40.4 Å². The number of pyridine rings is 1. The third-order valence-electron chi connectivity index (χ3n) is 6.00. The van der Waals surface area contributed by atoms with E-state index >= 15 is 0 Å². The number of rotatable bonds is 6. The molecule has 0 atom stereocenters. The zero-order chi connectivity index (χ0) is 27.1. The third-order valence-corrected chi connectivity index (χ3v) is 6.00. The molecule has 2 N–H and O–H groups in total. The summed E-state index contributed by atoms with van der Waals surface area (Å²) in [5.74, 6) is -2.83. The maximum atomic E-state index is 13.5. The molecule has 1 aliphatic heterocycles. The van der Waals surface area contributed by atoms with E-state index in [-0.39, 0.29) is 46.7 Å². The molecule has 0 aliphatic carbocycles. The second-order valence-corrected chi connectivity index (χ2v) is 8.92. The number of carbonyl (C=O) groups is 3. The van der Waals surface area contributed by atoms with Crippen molar-refractivity contribution in [1.29, 1.82) is 0 Å². The molecular formula is C25H21F2N7O4. The fourth-order valence-corrected chi connectivity index (χ4v) is 4.21. The highest BCUT2D eigenvalue weighted by molar-refractivity contribution is 6.04. The Bertz CT molecular complexity index is 1660. The molecule has 194 valence electrons. The van der Waals surface area contributed by atoms with Crippen LogP contribution in [-0.2, 0) is 17.9 Å². The molecule has 0 spiro atoms. The predicted octanol–water partition coefficient (Wildman–Crippen LogP) is 2.42. The lowest BCUT2D eigenvalue weighted by atomic mass is 10.2. The molecule has 0 saturated carbocycles. The van der Waals surface area contributed by atoms with Crippen molar-refractivity contribution in [3.05, 3.63) is 87.6 Å². The highest BCUT2D eigenvalue weighted by Crippen LogP contribution is 2.25. The standard InChI is InChI=1S/C25H21F2N7O4/c1-13(2)32-11-17-22(25(32)38)33(12-20(35)30-19-7-6-15(27)10-28-19)21-9-18(31-34(21)24(17)37)23(36)29-16-5-3-4-14(26)8-16/h3-10,13H,11-12H2,1-2H3,(H,29,36)(H,28,30,35). The number of aromatic nitrogens is 4. The van der Waals surface area contributed by atoms with Gasteiger partial charge in [-0.05, 0) is 44.2 Å². The van der Waals surface area contributed by atoms with Gasteiger partial charge in [0.15, 0.2) is 5.69 Å². The number of hydrogen-bond acceptors (Lipinski definition) is 6. The van der Waals surface area contributed by atoms with Crippen LogP contribution < -0.4 is 16.2 Å². The van der Waals surface area contributed by atoms with Crippen LogP contribution in [0.25, 0.3) is 5.65 Å². The van der Waals surface area contributed by atoms with Gasteiger partial charge in [0.2, 0.25) is 5.91 Å². The average molecular weight is 521 g/mol. The number of carbonyl (C=O) groups excluding carboxylic acids is 3. The minimum Gasteiger partial charge on any atom is -0.330 e. The first-order valence-corrected chi connectivity index (χ1v) is 11.6. The smallest absolute Gasteiger partial charge is 0.280 e. The summed E-state index contributed by atoms with van der Waals surface area (Å²) >= 11 is 0. The Labute approximate surface area is 213 Å². The molecule has 3 amide bonds. The van der Waals surface area contributed by atoms with Gasteiger partial charge in [0.05, 0.1) is 18.3 Å². The van der Waals surface area contributed by atoms with Gasteiger partial charge in [-0.1, -0.05) is 6.07 Å².